The Hall–Kier alpha value is -2.82. The van der Waals surface area contributed by atoms with Crippen molar-refractivity contribution in [3.8, 4) is 0 Å². The summed E-state index contributed by atoms with van der Waals surface area (Å²) in [7, 11) is -4.25. The third kappa shape index (κ3) is 4.35. The highest BCUT2D eigenvalue weighted by Crippen LogP contribution is 2.25. The lowest BCUT2D eigenvalue weighted by Gasteiger charge is -2.22. The number of benzene rings is 2. The Morgan fingerprint density at radius 2 is 1.54 bits per heavy atom. The van der Waals surface area contributed by atoms with Gasteiger partial charge in [-0.15, -0.1) is 0 Å². The zero-order valence-corrected chi connectivity index (χ0v) is 16.0. The number of nitrogens with zero attached hydrogens (tertiary/aromatic N) is 4. The van der Waals surface area contributed by atoms with Crippen LogP contribution in [0.1, 0.15) is 11.4 Å². The SMILES string of the molecule is Nc1nc(N)nc(CN(Cc2ccccc2Cl)S(=O)(=O)c2ccccc2F)n1. The second-order valence-electron chi connectivity index (χ2n) is 5.76. The van der Waals surface area contributed by atoms with Crippen LogP contribution in [0.25, 0.3) is 0 Å². The van der Waals surface area contributed by atoms with E-state index in [-0.39, 0.29) is 30.8 Å². The lowest BCUT2D eigenvalue weighted by molar-refractivity contribution is 0.389. The van der Waals surface area contributed by atoms with E-state index < -0.39 is 20.7 Å². The molecule has 11 heteroatoms. The first-order chi connectivity index (χ1) is 13.3. The van der Waals surface area contributed by atoms with Crippen molar-refractivity contribution in [2.75, 3.05) is 11.5 Å². The number of anilines is 2. The van der Waals surface area contributed by atoms with Gasteiger partial charge in [0.05, 0.1) is 6.54 Å². The molecule has 0 aliphatic heterocycles. The Labute approximate surface area is 166 Å². The number of aromatic nitrogens is 3. The summed E-state index contributed by atoms with van der Waals surface area (Å²) in [5, 5.41) is 0.367. The summed E-state index contributed by atoms with van der Waals surface area (Å²) in [6.45, 7) is -0.444. The van der Waals surface area contributed by atoms with Crippen LogP contribution in [-0.2, 0) is 23.1 Å². The molecule has 4 N–H and O–H groups in total. The molecule has 0 aliphatic carbocycles. The highest BCUT2D eigenvalue weighted by atomic mass is 35.5. The molecule has 3 aromatic rings. The minimum Gasteiger partial charge on any atom is -0.368 e. The van der Waals surface area contributed by atoms with Gasteiger partial charge in [0.15, 0.2) is 5.82 Å². The largest absolute Gasteiger partial charge is 0.368 e. The van der Waals surface area contributed by atoms with Gasteiger partial charge < -0.3 is 11.5 Å². The van der Waals surface area contributed by atoms with Crippen molar-refractivity contribution < 1.29 is 12.8 Å². The van der Waals surface area contributed by atoms with Gasteiger partial charge in [-0.25, -0.2) is 12.8 Å². The first-order valence-corrected chi connectivity index (χ1v) is 9.83. The average Bonchev–Trinajstić information content (AvgIpc) is 2.62. The number of sulfonamides is 1. The van der Waals surface area contributed by atoms with E-state index >= 15 is 0 Å². The number of halogens is 2. The van der Waals surface area contributed by atoms with Gasteiger partial charge in [-0.2, -0.15) is 19.3 Å². The van der Waals surface area contributed by atoms with Gasteiger partial charge >= 0.3 is 0 Å². The summed E-state index contributed by atoms with van der Waals surface area (Å²) in [5.41, 5.74) is 11.7. The van der Waals surface area contributed by atoms with Gasteiger partial charge in [0.25, 0.3) is 0 Å². The molecule has 0 saturated carbocycles. The molecule has 0 radical (unpaired) electrons. The van der Waals surface area contributed by atoms with Crippen LogP contribution in [0.5, 0.6) is 0 Å². The van der Waals surface area contributed by atoms with Crippen LogP contribution >= 0.6 is 11.6 Å². The zero-order valence-electron chi connectivity index (χ0n) is 14.5. The van der Waals surface area contributed by atoms with E-state index in [1.54, 1.807) is 24.3 Å². The molecule has 0 spiro atoms. The molecule has 0 saturated heterocycles. The second kappa shape index (κ2) is 8.05. The molecule has 8 nitrogen and oxygen atoms in total. The van der Waals surface area contributed by atoms with Crippen molar-refractivity contribution in [2.24, 2.45) is 0 Å². The van der Waals surface area contributed by atoms with Crippen LogP contribution in [-0.4, -0.2) is 27.7 Å². The molecule has 0 unspecified atom stereocenters. The van der Waals surface area contributed by atoms with Crippen LogP contribution in [0, 0.1) is 5.82 Å². The minimum atomic E-state index is -4.25. The van der Waals surface area contributed by atoms with Gasteiger partial charge in [-0.05, 0) is 23.8 Å². The minimum absolute atomic E-state index is 0.0250. The Balaban J connectivity index is 2.06. The van der Waals surface area contributed by atoms with E-state index in [1.165, 1.54) is 18.2 Å². The number of nitrogens with two attached hydrogens (primary N) is 2. The predicted octanol–water partition coefficient (Wildman–Crippen LogP) is 2.22. The topological polar surface area (TPSA) is 128 Å². The van der Waals surface area contributed by atoms with E-state index in [9.17, 15) is 12.8 Å². The van der Waals surface area contributed by atoms with Crippen LogP contribution in [0.15, 0.2) is 53.4 Å². The van der Waals surface area contributed by atoms with E-state index in [2.05, 4.69) is 15.0 Å². The van der Waals surface area contributed by atoms with Crippen LogP contribution in [0.4, 0.5) is 16.3 Å². The molecule has 0 fully saturated rings. The van der Waals surface area contributed by atoms with Gasteiger partial charge in [0, 0.05) is 11.6 Å². The third-order valence-corrected chi connectivity index (χ3v) is 5.99. The lowest BCUT2D eigenvalue weighted by atomic mass is 10.2. The highest BCUT2D eigenvalue weighted by Gasteiger charge is 2.29. The maximum absolute atomic E-state index is 14.2. The van der Waals surface area contributed by atoms with Crippen LogP contribution < -0.4 is 11.5 Å². The molecule has 28 heavy (non-hydrogen) atoms. The fourth-order valence-electron chi connectivity index (χ4n) is 2.52. The summed E-state index contributed by atoms with van der Waals surface area (Å²) in [6, 6.07) is 11.8. The molecular weight excluding hydrogens is 407 g/mol. The second-order valence-corrected chi connectivity index (χ2v) is 8.08. The van der Waals surface area contributed by atoms with Gasteiger partial charge in [-0.3, -0.25) is 0 Å². The Kier molecular flexibility index (Phi) is 5.73. The summed E-state index contributed by atoms with van der Waals surface area (Å²) in [5.74, 6) is -1.15. The highest BCUT2D eigenvalue weighted by molar-refractivity contribution is 7.89. The molecule has 1 heterocycles. The van der Waals surface area contributed by atoms with E-state index in [0.717, 1.165) is 10.4 Å². The van der Waals surface area contributed by atoms with E-state index in [4.69, 9.17) is 23.1 Å². The van der Waals surface area contributed by atoms with Gasteiger partial charge in [-0.1, -0.05) is 41.9 Å². The molecule has 1 aromatic heterocycles. The maximum atomic E-state index is 14.2. The van der Waals surface area contributed by atoms with Crippen molar-refractivity contribution in [2.45, 2.75) is 18.0 Å². The van der Waals surface area contributed by atoms with Crippen molar-refractivity contribution >= 4 is 33.5 Å². The summed E-state index contributed by atoms with van der Waals surface area (Å²) < 4.78 is 41.5. The van der Waals surface area contributed by atoms with Crippen molar-refractivity contribution in [3.63, 3.8) is 0 Å². The Bertz CT molecular complexity index is 1090. The zero-order chi connectivity index (χ0) is 20.3. The Morgan fingerprint density at radius 1 is 0.929 bits per heavy atom. The maximum Gasteiger partial charge on any atom is 0.246 e. The Morgan fingerprint density at radius 3 is 2.18 bits per heavy atom. The molecule has 0 aliphatic rings. The van der Waals surface area contributed by atoms with Crippen molar-refractivity contribution in [1.82, 2.24) is 19.3 Å². The number of rotatable bonds is 6. The molecule has 3 rings (SSSR count). The molecule has 0 amide bonds. The van der Waals surface area contributed by atoms with Gasteiger partial charge in [0.2, 0.25) is 21.9 Å². The normalized spacial score (nSPS) is 11.7. The van der Waals surface area contributed by atoms with E-state index in [1.807, 2.05) is 0 Å². The first kappa shape index (κ1) is 19.9. The van der Waals surface area contributed by atoms with Crippen molar-refractivity contribution in [1.29, 1.82) is 0 Å². The molecule has 2 aromatic carbocycles. The predicted molar refractivity (Wildman–Crippen MR) is 103 cm³/mol. The summed E-state index contributed by atoms with van der Waals surface area (Å²) in [4.78, 5) is 11.0. The summed E-state index contributed by atoms with van der Waals surface area (Å²) >= 11 is 6.17. The smallest absolute Gasteiger partial charge is 0.246 e. The quantitative estimate of drug-likeness (QED) is 0.623. The number of hydrogen-bond acceptors (Lipinski definition) is 7. The molecule has 146 valence electrons. The number of nitrogen functional groups attached to an aromatic ring is 2. The first-order valence-electron chi connectivity index (χ1n) is 8.01. The average molecular weight is 423 g/mol. The molecule has 0 bridgehead atoms. The molecular formula is C17H16ClFN6O2S. The van der Waals surface area contributed by atoms with Crippen LogP contribution in [0.2, 0.25) is 5.02 Å². The fraction of sp³-hybridized carbons (Fsp3) is 0.118. The third-order valence-electron chi connectivity index (χ3n) is 3.79. The van der Waals surface area contributed by atoms with Crippen molar-refractivity contribution in [3.05, 3.63) is 70.8 Å². The fourth-order valence-corrected chi connectivity index (χ4v) is 4.15. The van der Waals surface area contributed by atoms with Gasteiger partial charge in [0.1, 0.15) is 10.7 Å². The monoisotopic (exact) mass is 422 g/mol. The standard InChI is InChI=1S/C17H16ClFN6O2S/c18-12-6-2-1-5-11(12)9-25(10-15-22-16(20)24-17(21)23-15)28(26,27)14-8-4-3-7-13(14)19/h1-8H,9-10H2,(H4,20,21,22,23,24). The summed E-state index contributed by atoms with van der Waals surface area (Å²) in [6.07, 6.45) is 0. The lowest BCUT2D eigenvalue weighted by Crippen LogP contribution is -2.32. The van der Waals surface area contributed by atoms with Crippen LogP contribution in [0.3, 0.4) is 0 Å². The number of hydrogen-bond donors (Lipinski definition) is 2. The van der Waals surface area contributed by atoms with E-state index in [0.29, 0.717) is 10.6 Å². The molecule has 0 atom stereocenters.